The van der Waals surface area contributed by atoms with E-state index in [-0.39, 0.29) is 6.67 Å². The Balaban J connectivity index is 2.29. The van der Waals surface area contributed by atoms with E-state index in [0.29, 0.717) is 6.54 Å². The normalized spacial score (nSPS) is 18.4. The molecule has 0 amide bonds. The Hall–Kier alpha value is -0.600. The third-order valence-corrected chi connectivity index (χ3v) is 1.39. The van der Waals surface area contributed by atoms with Gasteiger partial charge >= 0.3 is 0 Å². The van der Waals surface area contributed by atoms with Gasteiger partial charge in [0.1, 0.15) is 6.67 Å². The van der Waals surface area contributed by atoms with Crippen LogP contribution in [0.15, 0.2) is 5.10 Å². The van der Waals surface area contributed by atoms with Crippen molar-refractivity contribution in [2.45, 2.75) is 13.3 Å². The van der Waals surface area contributed by atoms with Crippen LogP contribution >= 0.6 is 0 Å². The smallest absolute Gasteiger partial charge is 0.109 e. The summed E-state index contributed by atoms with van der Waals surface area (Å²) in [6, 6.07) is 0. The van der Waals surface area contributed by atoms with Crippen LogP contribution < -0.4 is 0 Å². The van der Waals surface area contributed by atoms with Gasteiger partial charge in [-0.1, -0.05) is 0 Å². The summed E-state index contributed by atoms with van der Waals surface area (Å²) in [5, 5.41) is 5.86. The minimum atomic E-state index is -0.295. The first-order chi connectivity index (χ1) is 4.33. The van der Waals surface area contributed by atoms with E-state index in [2.05, 4.69) is 5.10 Å². The first-order valence-electron chi connectivity index (χ1n) is 3.18. The van der Waals surface area contributed by atoms with Gasteiger partial charge in [0.05, 0.1) is 6.54 Å². The molecule has 2 nitrogen and oxygen atoms in total. The first-order valence-corrected chi connectivity index (χ1v) is 3.18. The molecular weight excluding hydrogens is 119 g/mol. The van der Waals surface area contributed by atoms with Crippen molar-refractivity contribution in [2.75, 3.05) is 19.8 Å². The second-order valence-corrected chi connectivity index (χ2v) is 2.23. The summed E-state index contributed by atoms with van der Waals surface area (Å²) in [5.74, 6) is 0. The number of hydrazone groups is 1. The van der Waals surface area contributed by atoms with E-state index in [4.69, 9.17) is 0 Å². The molecule has 0 aromatic carbocycles. The summed E-state index contributed by atoms with van der Waals surface area (Å²) in [6.07, 6.45) is 1.00. The zero-order chi connectivity index (χ0) is 6.69. The predicted molar refractivity (Wildman–Crippen MR) is 35.3 cm³/mol. The Kier molecular flexibility index (Phi) is 2.03. The number of rotatable bonds is 2. The maximum atomic E-state index is 11.7. The molecule has 1 rings (SSSR count). The molecule has 0 fully saturated rings. The third kappa shape index (κ3) is 1.66. The quantitative estimate of drug-likeness (QED) is 0.545. The molecule has 0 aromatic rings. The molecule has 0 bridgehead atoms. The molecule has 0 spiro atoms. The topological polar surface area (TPSA) is 15.6 Å². The highest BCUT2D eigenvalue weighted by Crippen LogP contribution is 2.03. The molecule has 1 heterocycles. The molecule has 0 aromatic heterocycles. The highest BCUT2D eigenvalue weighted by atomic mass is 19.1. The monoisotopic (exact) mass is 130 g/mol. The predicted octanol–water partition coefficient (Wildman–Crippen LogP) is 1.04. The number of hydrogen-bond donors (Lipinski definition) is 0. The Bertz CT molecular complexity index is 122. The van der Waals surface area contributed by atoms with Gasteiger partial charge in [0, 0.05) is 18.7 Å². The average Bonchev–Trinajstić information content (AvgIpc) is 2.17. The summed E-state index contributed by atoms with van der Waals surface area (Å²) < 4.78 is 11.7. The van der Waals surface area contributed by atoms with Crippen LogP contribution in [-0.2, 0) is 0 Å². The Labute approximate surface area is 54.3 Å². The van der Waals surface area contributed by atoms with Gasteiger partial charge in [-0.3, -0.25) is 5.01 Å². The zero-order valence-corrected chi connectivity index (χ0v) is 5.60. The van der Waals surface area contributed by atoms with E-state index in [0.717, 1.165) is 18.7 Å². The van der Waals surface area contributed by atoms with Gasteiger partial charge in [0.15, 0.2) is 0 Å². The minimum absolute atomic E-state index is 0.295. The molecule has 0 saturated heterocycles. The molecule has 52 valence electrons. The van der Waals surface area contributed by atoms with E-state index in [1.54, 1.807) is 5.01 Å². The van der Waals surface area contributed by atoms with Gasteiger partial charge < -0.3 is 0 Å². The van der Waals surface area contributed by atoms with Crippen LogP contribution in [0.5, 0.6) is 0 Å². The fourth-order valence-corrected chi connectivity index (χ4v) is 0.892. The third-order valence-electron chi connectivity index (χ3n) is 1.39. The molecule has 0 saturated carbocycles. The van der Waals surface area contributed by atoms with Crippen molar-refractivity contribution < 1.29 is 4.39 Å². The zero-order valence-electron chi connectivity index (χ0n) is 5.60. The van der Waals surface area contributed by atoms with Gasteiger partial charge in [-0.05, 0) is 6.92 Å². The Morgan fingerprint density at radius 2 is 2.56 bits per heavy atom. The van der Waals surface area contributed by atoms with Crippen LogP contribution in [0, 0.1) is 0 Å². The molecular formula is C6H11FN2. The van der Waals surface area contributed by atoms with Crippen molar-refractivity contribution in [1.82, 2.24) is 5.01 Å². The van der Waals surface area contributed by atoms with Crippen molar-refractivity contribution >= 4 is 5.71 Å². The molecule has 0 radical (unpaired) electrons. The van der Waals surface area contributed by atoms with Crippen molar-refractivity contribution in [3.05, 3.63) is 0 Å². The highest BCUT2D eigenvalue weighted by Gasteiger charge is 2.08. The SMILES string of the molecule is CC1=NN(CCF)CC1. The number of alkyl halides is 1. The van der Waals surface area contributed by atoms with E-state index in [1.165, 1.54) is 0 Å². The largest absolute Gasteiger partial charge is 0.294 e. The maximum absolute atomic E-state index is 11.7. The summed E-state index contributed by atoms with van der Waals surface area (Å²) in [6.45, 7) is 3.03. The molecule has 0 atom stereocenters. The summed E-state index contributed by atoms with van der Waals surface area (Å²) in [5.41, 5.74) is 1.11. The van der Waals surface area contributed by atoms with E-state index < -0.39 is 0 Å². The van der Waals surface area contributed by atoms with Crippen molar-refractivity contribution in [3.8, 4) is 0 Å². The van der Waals surface area contributed by atoms with Crippen LogP contribution in [0.1, 0.15) is 13.3 Å². The molecule has 1 aliphatic heterocycles. The molecule has 0 aliphatic carbocycles. The summed E-state index contributed by atoms with van der Waals surface area (Å²) in [7, 11) is 0. The van der Waals surface area contributed by atoms with Crippen molar-refractivity contribution in [1.29, 1.82) is 0 Å². The lowest BCUT2D eigenvalue weighted by Gasteiger charge is -2.08. The summed E-state index contributed by atoms with van der Waals surface area (Å²) >= 11 is 0. The molecule has 0 N–H and O–H groups in total. The lowest BCUT2D eigenvalue weighted by atomic mass is 10.3. The Morgan fingerprint density at radius 3 is 3.00 bits per heavy atom. The van der Waals surface area contributed by atoms with Gasteiger partial charge in [0.25, 0.3) is 0 Å². The lowest BCUT2D eigenvalue weighted by molar-refractivity contribution is 0.282. The van der Waals surface area contributed by atoms with Crippen molar-refractivity contribution in [3.63, 3.8) is 0 Å². The fraction of sp³-hybridized carbons (Fsp3) is 0.833. The standard InChI is InChI=1S/C6H11FN2/c1-6-2-4-9(8-6)5-3-7/h2-5H2,1H3. The second kappa shape index (κ2) is 2.80. The van der Waals surface area contributed by atoms with Crippen LogP contribution in [0.25, 0.3) is 0 Å². The molecule has 1 aliphatic rings. The van der Waals surface area contributed by atoms with E-state index in [1.807, 2.05) is 6.92 Å². The van der Waals surface area contributed by atoms with Crippen LogP contribution in [0.2, 0.25) is 0 Å². The first kappa shape index (κ1) is 6.52. The van der Waals surface area contributed by atoms with Gasteiger partial charge in [-0.15, -0.1) is 0 Å². The minimum Gasteiger partial charge on any atom is -0.294 e. The average molecular weight is 130 g/mol. The lowest BCUT2D eigenvalue weighted by Crippen LogP contribution is -2.16. The van der Waals surface area contributed by atoms with Crippen LogP contribution in [0.3, 0.4) is 0 Å². The van der Waals surface area contributed by atoms with Gasteiger partial charge in [0.2, 0.25) is 0 Å². The number of hydrogen-bond acceptors (Lipinski definition) is 2. The van der Waals surface area contributed by atoms with Gasteiger partial charge in [-0.25, -0.2) is 4.39 Å². The Morgan fingerprint density at radius 1 is 1.78 bits per heavy atom. The highest BCUT2D eigenvalue weighted by molar-refractivity contribution is 5.82. The second-order valence-electron chi connectivity index (χ2n) is 2.23. The van der Waals surface area contributed by atoms with Crippen LogP contribution in [0.4, 0.5) is 4.39 Å². The van der Waals surface area contributed by atoms with E-state index >= 15 is 0 Å². The fourth-order valence-electron chi connectivity index (χ4n) is 0.892. The number of nitrogens with zero attached hydrogens (tertiary/aromatic N) is 2. The molecule has 9 heavy (non-hydrogen) atoms. The van der Waals surface area contributed by atoms with Crippen molar-refractivity contribution in [2.24, 2.45) is 5.10 Å². The number of halogens is 1. The molecule has 0 unspecified atom stereocenters. The van der Waals surface area contributed by atoms with Gasteiger partial charge in [-0.2, -0.15) is 5.10 Å². The summed E-state index contributed by atoms with van der Waals surface area (Å²) in [4.78, 5) is 0. The van der Waals surface area contributed by atoms with Crippen LogP contribution in [-0.4, -0.2) is 30.5 Å². The maximum Gasteiger partial charge on any atom is 0.109 e. The van der Waals surface area contributed by atoms with E-state index in [9.17, 15) is 4.39 Å². The molecule has 3 heteroatoms.